The minimum absolute atomic E-state index is 0. The normalized spacial score (nSPS) is 24.0. The highest BCUT2D eigenvalue weighted by Crippen LogP contribution is 2.23. The second kappa shape index (κ2) is 54.3. The Morgan fingerprint density at radius 2 is 0.398 bits per heavy atom. The van der Waals surface area contributed by atoms with Gasteiger partial charge in [-0.1, -0.05) is 190 Å². The number of carbonyl (C=O) groups excluding carboxylic acids is 8. The molecule has 128 heavy (non-hydrogen) atoms. The van der Waals surface area contributed by atoms with Crippen LogP contribution in [-0.4, -0.2) is 139 Å². The lowest BCUT2D eigenvalue weighted by Gasteiger charge is -2.25. The molecule has 8 aromatic carbocycles. The summed E-state index contributed by atoms with van der Waals surface area (Å²) in [5.74, 6) is -7.62. The van der Waals surface area contributed by atoms with E-state index < -0.39 is 357 Å². The highest BCUT2D eigenvalue weighted by atomic mass is 35.5. The highest BCUT2D eigenvalue weighted by Gasteiger charge is 2.28. The Bertz CT molecular complexity index is 7330. The summed E-state index contributed by atoms with van der Waals surface area (Å²) in [6, 6.07) is -5.06. The number of hydrogen-bond donors (Lipinski definition) is 8. The van der Waals surface area contributed by atoms with Crippen LogP contribution in [0.25, 0.3) is 0 Å². The molecule has 0 aromatic heterocycles. The summed E-state index contributed by atoms with van der Waals surface area (Å²) in [5.41, 5.74) is -19.3. The molecule has 0 saturated heterocycles. The van der Waals surface area contributed by atoms with Crippen molar-refractivity contribution in [3.8, 4) is 0 Å². The minimum Gasteiger partial charge on any atom is -0.303 e. The zero-order valence-corrected chi connectivity index (χ0v) is 79.1. The number of nitrogens with one attached hydrogen (secondary N) is 8. The van der Waals surface area contributed by atoms with Gasteiger partial charge in [-0.3, -0.25) is 38.4 Å². The maximum absolute atomic E-state index is 12.9. The fourth-order valence-corrected chi connectivity index (χ4v) is 10.9. The van der Waals surface area contributed by atoms with Gasteiger partial charge in [0, 0.05) is 194 Å². The van der Waals surface area contributed by atoms with Crippen LogP contribution in [0.5, 0.6) is 0 Å². The van der Waals surface area contributed by atoms with E-state index in [9.17, 15) is 38.4 Å². The highest BCUT2D eigenvalue weighted by molar-refractivity contribution is 6.33. The van der Waals surface area contributed by atoms with Crippen molar-refractivity contribution in [1.29, 1.82) is 0 Å². The average Bonchev–Trinajstić information content (AvgIpc) is 0.711. The summed E-state index contributed by atoms with van der Waals surface area (Å²) in [5, 5.41) is 17.3. The molecule has 0 amide bonds. The Morgan fingerprint density at radius 1 is 0.242 bits per heavy atom. The molecule has 8 N–H and O–H groups in total. The van der Waals surface area contributed by atoms with E-state index in [1.54, 1.807) is 94.6 Å². The number of rotatable bonds is 24. The van der Waals surface area contributed by atoms with Gasteiger partial charge in [0.15, 0.2) is 46.3 Å². The van der Waals surface area contributed by atoms with Crippen LogP contribution >= 0.6 is 92.8 Å². The van der Waals surface area contributed by atoms with E-state index in [0.29, 0.717) is 23.9 Å². The molecule has 720 valence electrons. The molecule has 0 aliphatic heterocycles. The first kappa shape index (κ1) is 51.6. The summed E-state index contributed by atoms with van der Waals surface area (Å²) < 4.78 is 482. The van der Waals surface area contributed by atoms with Gasteiger partial charge in [0.2, 0.25) is 0 Å². The molecule has 16 nitrogen and oxygen atoms in total. The molecular formula is C104H160Cl8N8O8. The largest absolute Gasteiger partial charge is 0.303 e. The number of benzene rings is 8. The number of ketones is 8. The van der Waals surface area contributed by atoms with Gasteiger partial charge < -0.3 is 42.5 Å². The lowest BCUT2D eigenvalue weighted by molar-refractivity contribution is 0.0929. The first-order valence-electron chi connectivity index (χ1n) is 68.7. The van der Waals surface area contributed by atoms with Crippen LogP contribution in [0, 0.1) is 0 Å². The van der Waals surface area contributed by atoms with Crippen LogP contribution < -0.4 is 42.5 Å². The smallest absolute Gasteiger partial charge is 0.179 e. The fraction of sp³-hybridized carbons (Fsp3) is 0.462. The van der Waals surface area contributed by atoms with Gasteiger partial charge in [-0.05, 0) is 317 Å². The predicted octanol–water partition coefficient (Wildman–Crippen LogP) is 28.4. The van der Waals surface area contributed by atoms with E-state index >= 15 is 0 Å². The molecule has 0 spiro atoms. The molecule has 0 heterocycles. The number of carbonyl (C=O) groups is 8. The molecule has 0 radical (unpaired) electrons. The van der Waals surface area contributed by atoms with Crippen molar-refractivity contribution < 1.29 is 136 Å². The van der Waals surface area contributed by atoms with Crippen molar-refractivity contribution in [1.82, 2.24) is 42.5 Å². The molecule has 2 unspecified atom stereocenters. The topological polar surface area (TPSA) is 233 Å². The summed E-state index contributed by atoms with van der Waals surface area (Å²) in [6.07, 6.45) is 0. The van der Waals surface area contributed by atoms with Crippen LogP contribution in [0.15, 0.2) is 194 Å². The van der Waals surface area contributed by atoms with E-state index in [2.05, 4.69) is 26.6 Å². The molecule has 0 bridgehead atoms. The van der Waals surface area contributed by atoms with Gasteiger partial charge in [0.05, 0.1) is 81.0 Å². The lowest BCUT2D eigenvalue weighted by atomic mass is 10.0. The maximum atomic E-state index is 12.9. The third-order valence-corrected chi connectivity index (χ3v) is 15.7. The van der Waals surface area contributed by atoms with E-state index in [4.69, 9.17) is 179 Å². The first-order valence-corrected chi connectivity index (χ1v) is 40.2. The van der Waals surface area contributed by atoms with Gasteiger partial charge in [-0.15, -0.1) is 0 Å². The molecule has 8 rings (SSSR count). The van der Waals surface area contributed by atoms with E-state index in [0.717, 1.165) is 20.8 Å². The van der Waals surface area contributed by atoms with Crippen molar-refractivity contribution >= 4 is 139 Å². The van der Waals surface area contributed by atoms with Crippen LogP contribution in [-0.2, 0) is 0 Å². The zero-order valence-electron chi connectivity index (χ0n) is 136. The van der Waals surface area contributed by atoms with Crippen LogP contribution in [0.2, 0.25) is 40.2 Å². The summed E-state index contributed by atoms with van der Waals surface area (Å²) in [6.45, 7) is -17.6. The summed E-state index contributed by atoms with van der Waals surface area (Å²) in [4.78, 5) is 101. The second-order valence-electron chi connectivity index (χ2n) is 30.6. The third-order valence-electron chi connectivity index (χ3n) is 14.0. The molecule has 0 saturated carbocycles. The van der Waals surface area contributed by atoms with Crippen LogP contribution in [0.1, 0.15) is 401 Å². The Hall–Kier alpha value is -6.88. The minimum atomic E-state index is -3.75. The van der Waals surface area contributed by atoms with Gasteiger partial charge >= 0.3 is 0 Å². The molecule has 0 aliphatic carbocycles. The van der Waals surface area contributed by atoms with Gasteiger partial charge in [-0.2, -0.15) is 0 Å². The van der Waals surface area contributed by atoms with Crippen molar-refractivity contribution in [2.45, 2.75) is 313 Å². The summed E-state index contributed by atoms with van der Waals surface area (Å²) >= 11 is 46.2. The maximum Gasteiger partial charge on any atom is 0.179 e. The van der Waals surface area contributed by atoms with Crippen molar-refractivity contribution in [3.63, 3.8) is 0 Å². The number of hydrogen-bond acceptors (Lipinski definition) is 16. The van der Waals surface area contributed by atoms with Crippen LogP contribution in [0.3, 0.4) is 0 Å². The van der Waals surface area contributed by atoms with Gasteiger partial charge in [0.1, 0.15) is 0 Å². The number of Topliss-reactive ketones (excluding diaryl/α,β-unsaturated/α-hetero) is 8. The molecule has 0 aliphatic rings. The number of halogens is 8. The standard InChI is InChI=1S/8C13H18ClNO.8H2/c8*1-9(15-13(2,3)4)12(16)10-6-5-7-11(14)8-10;;;;;;;;/h8*5-9,15H,1-4H3;8*1H/t6*9-;;;;;;;;;;/m100000........../s1/i2D3,9D;2D3,3D3,4D3,5D,6D,7D,8D,9D;5D,6D,7D,8D,9D;2D3,3D3,4D3,9D;2D3,3D3,9D;2D3,9D;2D3,3D3,4D3,5D,6D,7D,8D,9D;5D,6D,7D,8D,9D;;;;;;;;. The lowest BCUT2D eigenvalue weighted by Crippen LogP contribution is -2.46. The molecular weight excluding hydrogens is 1770 g/mol. The Balaban J connectivity index is -0.000000349. The van der Waals surface area contributed by atoms with Crippen molar-refractivity contribution in [3.05, 3.63) is 278 Å². The zero-order chi connectivity index (χ0) is 153. The van der Waals surface area contributed by atoms with Gasteiger partial charge in [-0.25, -0.2) is 0 Å². The molecule has 0 fully saturated rings. The first-order chi connectivity index (χ1) is 83.9. The van der Waals surface area contributed by atoms with E-state index in [-0.39, 0.29) is 53.8 Å². The monoisotopic (exact) mass is 1990 g/mol. The van der Waals surface area contributed by atoms with E-state index in [1.807, 2.05) is 5.32 Å². The average molecular weight is 2000 g/mol. The Morgan fingerprint density at radius 3 is 0.562 bits per heavy atom. The molecule has 24 heteroatoms. The quantitative estimate of drug-likeness (QED) is 0.0263. The van der Waals surface area contributed by atoms with Crippen molar-refractivity contribution in [2.24, 2.45) is 0 Å². The molecule has 8 aromatic rings. The second-order valence-corrected chi connectivity index (χ2v) is 33.8. The Kier molecular flexibility index (Phi) is 21.9. The summed E-state index contributed by atoms with van der Waals surface area (Å²) in [7, 11) is 0. The third kappa shape index (κ3) is 53.0. The van der Waals surface area contributed by atoms with Crippen molar-refractivity contribution in [2.75, 3.05) is 0 Å². The fourth-order valence-electron chi connectivity index (χ4n) is 9.61. The van der Waals surface area contributed by atoms with Crippen LogP contribution in [0.4, 0.5) is 0 Å². The SMILES string of the molecule is [2H]C([2H])([2H])C(C)(C)N[C@@]([2H])(C)C(=O)c1cccc(Cl)c1.[2H]C([2H])([2H])C(C)(C)N[C@]([2H])(C)C(=O)c1cccc(Cl)c1.[2H]C([2H])([2H])C(C)(N[C@@]([2H])(C)C(=O)c1cccc(Cl)c1)C([2H])([2H])[2H].[2H]C([2H])([2H])C(N[C@@]([2H])(C)C(=O)c1cccc(Cl)c1)(C([2H])([2H])[2H])C([2H])([2H])[2H].[2H]c1c([2H])c(Cl)c([2H])c(C(=O)C([2H])(C)NC(C([2H])([2H])[2H])(C([2H])([2H])[2H])C([2H])([2H])[2H])c1[2H].[2H]c1c([2H])c(Cl)c([2H])c(C(=O)C([2H])(C)NC(C)(C)C)c1[2H].[2H]c1c([2H])c(Cl)c([2H])c(C(=O)[C@]([2H])(C)NC(C([2H])([2H])[2H])(C([2H])([2H])[2H])C([2H])([2H])[2H])c1[2H].[2H]c1c([2H])c(Cl)c([2H])c(C(=O)[C@]([2H])(C)NC(C)(C)C)c1[2H].[HH].[HH].[HH].[HH].[HH].[HH].[HH].[HH]. The van der Waals surface area contributed by atoms with E-state index in [1.165, 1.54) is 110 Å². The van der Waals surface area contributed by atoms with Gasteiger partial charge in [0.25, 0.3) is 0 Å². The molecule has 8 atom stereocenters. The predicted molar refractivity (Wildman–Crippen MR) is 562 cm³/mol. The Labute approximate surface area is 907 Å².